The third-order valence-corrected chi connectivity index (χ3v) is 2.41. The Labute approximate surface area is 122 Å². The van der Waals surface area contributed by atoms with Gasteiger partial charge in [-0.1, -0.05) is 0 Å². The van der Waals surface area contributed by atoms with Crippen molar-refractivity contribution in [1.29, 1.82) is 0 Å². The van der Waals surface area contributed by atoms with Crippen molar-refractivity contribution >= 4 is 23.7 Å². The largest absolute Gasteiger partial charge is 0.480 e. The molecule has 2 atom stereocenters. The normalized spacial score (nSPS) is 12.9. The maximum atomic E-state index is 11.8. The van der Waals surface area contributed by atoms with Gasteiger partial charge in [-0.25, -0.2) is 0 Å². The standard InChI is InChI=1S/C11H22N6O4/c1-6(12)9(20)17-7(3-2-4-15-11(13)14)10(21)16-5-8(18)19/h6-7H,2-5,12H2,1H3,(H,16,21)(H,17,20)(H,18,19)(H4,13,14,15)/t6-,7-/m0/s1. The Hall–Kier alpha value is -2.36. The first-order valence-corrected chi connectivity index (χ1v) is 6.35. The van der Waals surface area contributed by atoms with Gasteiger partial charge < -0.3 is 32.9 Å². The number of hydrogen-bond donors (Lipinski definition) is 6. The van der Waals surface area contributed by atoms with Crippen LogP contribution in [0.3, 0.4) is 0 Å². The molecule has 0 aliphatic carbocycles. The van der Waals surface area contributed by atoms with Gasteiger partial charge in [0.05, 0.1) is 6.04 Å². The van der Waals surface area contributed by atoms with E-state index in [0.717, 1.165) is 0 Å². The number of aliphatic imine (C=N–C) groups is 1. The van der Waals surface area contributed by atoms with E-state index < -0.39 is 36.4 Å². The first-order chi connectivity index (χ1) is 9.73. The van der Waals surface area contributed by atoms with Crippen LogP contribution >= 0.6 is 0 Å². The smallest absolute Gasteiger partial charge is 0.322 e. The molecule has 10 nitrogen and oxygen atoms in total. The number of guanidine groups is 1. The van der Waals surface area contributed by atoms with Gasteiger partial charge in [0, 0.05) is 6.54 Å². The molecule has 0 unspecified atom stereocenters. The lowest BCUT2D eigenvalue weighted by Crippen LogP contribution is -2.51. The van der Waals surface area contributed by atoms with E-state index in [4.69, 9.17) is 22.3 Å². The molecule has 9 N–H and O–H groups in total. The van der Waals surface area contributed by atoms with Crippen molar-refractivity contribution < 1.29 is 19.5 Å². The van der Waals surface area contributed by atoms with Crippen molar-refractivity contribution in [1.82, 2.24) is 10.6 Å². The van der Waals surface area contributed by atoms with E-state index in [9.17, 15) is 14.4 Å². The lowest BCUT2D eigenvalue weighted by molar-refractivity contribution is -0.138. The number of nitrogens with one attached hydrogen (secondary N) is 2. The number of nitrogens with zero attached hydrogens (tertiary/aromatic N) is 1. The van der Waals surface area contributed by atoms with Crippen molar-refractivity contribution in [2.24, 2.45) is 22.2 Å². The van der Waals surface area contributed by atoms with E-state index in [1.54, 1.807) is 0 Å². The van der Waals surface area contributed by atoms with E-state index in [0.29, 0.717) is 13.0 Å². The van der Waals surface area contributed by atoms with Crippen LogP contribution in [0.25, 0.3) is 0 Å². The van der Waals surface area contributed by atoms with Gasteiger partial charge in [-0.3, -0.25) is 19.4 Å². The van der Waals surface area contributed by atoms with Gasteiger partial charge in [0.25, 0.3) is 0 Å². The molecule has 0 spiro atoms. The van der Waals surface area contributed by atoms with E-state index in [1.807, 2.05) is 0 Å². The van der Waals surface area contributed by atoms with Crippen molar-refractivity contribution in [3.8, 4) is 0 Å². The summed E-state index contributed by atoms with van der Waals surface area (Å²) in [5, 5.41) is 13.2. The highest BCUT2D eigenvalue weighted by molar-refractivity contribution is 5.90. The second-order valence-corrected chi connectivity index (χ2v) is 4.41. The minimum Gasteiger partial charge on any atom is -0.480 e. The SMILES string of the molecule is C[C@H](N)C(=O)N[C@@H](CCCN=C(N)N)C(=O)NCC(=O)O. The Kier molecular flexibility index (Phi) is 8.46. The topological polar surface area (TPSA) is 186 Å². The molecule has 0 rings (SSSR count). The summed E-state index contributed by atoms with van der Waals surface area (Å²) in [7, 11) is 0. The maximum Gasteiger partial charge on any atom is 0.322 e. The molecule has 0 saturated heterocycles. The van der Waals surface area contributed by atoms with Crippen LogP contribution in [0.2, 0.25) is 0 Å². The molecule has 0 radical (unpaired) electrons. The lowest BCUT2D eigenvalue weighted by atomic mass is 10.1. The molecule has 0 aromatic rings. The van der Waals surface area contributed by atoms with Gasteiger partial charge in [0.1, 0.15) is 12.6 Å². The maximum absolute atomic E-state index is 11.8. The Morgan fingerprint density at radius 3 is 2.33 bits per heavy atom. The summed E-state index contributed by atoms with van der Waals surface area (Å²) >= 11 is 0. The number of rotatable bonds is 9. The Balaban J connectivity index is 4.52. The average Bonchev–Trinajstić information content (AvgIpc) is 2.38. The van der Waals surface area contributed by atoms with Crippen LogP contribution in [-0.2, 0) is 14.4 Å². The van der Waals surface area contributed by atoms with Gasteiger partial charge in [0.15, 0.2) is 5.96 Å². The Bertz CT molecular complexity index is 406. The summed E-state index contributed by atoms with van der Waals surface area (Å²) in [5.74, 6) is -2.36. The number of aliphatic carboxylic acids is 1. The summed E-state index contributed by atoms with van der Waals surface area (Å²) in [6, 6.07) is -1.67. The zero-order valence-electron chi connectivity index (χ0n) is 11.8. The zero-order chi connectivity index (χ0) is 16.4. The van der Waals surface area contributed by atoms with Crippen molar-refractivity contribution in [2.45, 2.75) is 31.8 Å². The van der Waals surface area contributed by atoms with Crippen LogP contribution in [0.5, 0.6) is 0 Å². The molecule has 120 valence electrons. The molecule has 0 aliphatic heterocycles. The van der Waals surface area contributed by atoms with Crippen molar-refractivity contribution in [3.05, 3.63) is 0 Å². The van der Waals surface area contributed by atoms with E-state index in [2.05, 4.69) is 15.6 Å². The van der Waals surface area contributed by atoms with Gasteiger partial charge in [-0.2, -0.15) is 0 Å². The molecule has 21 heavy (non-hydrogen) atoms. The summed E-state index contributed by atoms with van der Waals surface area (Å²) in [6.45, 7) is 1.23. The monoisotopic (exact) mass is 302 g/mol. The second-order valence-electron chi connectivity index (χ2n) is 4.41. The molecule has 0 aromatic carbocycles. The van der Waals surface area contributed by atoms with Gasteiger partial charge in [-0.15, -0.1) is 0 Å². The van der Waals surface area contributed by atoms with Gasteiger partial charge in [0.2, 0.25) is 11.8 Å². The number of carbonyl (C=O) groups excluding carboxylic acids is 2. The fourth-order valence-corrected chi connectivity index (χ4v) is 1.36. The molecule has 2 amide bonds. The predicted octanol–water partition coefficient (Wildman–Crippen LogP) is -2.93. The molecule has 0 aliphatic rings. The minimum absolute atomic E-state index is 0.0681. The average molecular weight is 302 g/mol. The number of amides is 2. The molecule has 10 heteroatoms. The van der Waals surface area contributed by atoms with Crippen LogP contribution in [-0.4, -0.2) is 54.0 Å². The fourth-order valence-electron chi connectivity index (χ4n) is 1.36. The highest BCUT2D eigenvalue weighted by Crippen LogP contribution is 1.99. The second kappa shape index (κ2) is 9.53. The molecule has 0 heterocycles. The lowest BCUT2D eigenvalue weighted by Gasteiger charge is -2.18. The predicted molar refractivity (Wildman–Crippen MR) is 76.1 cm³/mol. The first-order valence-electron chi connectivity index (χ1n) is 6.35. The summed E-state index contributed by atoms with van der Waals surface area (Å²) in [4.78, 5) is 37.5. The quantitative estimate of drug-likeness (QED) is 0.149. The van der Waals surface area contributed by atoms with Crippen LogP contribution in [0.4, 0.5) is 0 Å². The molecule has 0 bridgehead atoms. The highest BCUT2D eigenvalue weighted by atomic mass is 16.4. The Morgan fingerprint density at radius 1 is 1.24 bits per heavy atom. The minimum atomic E-state index is -1.18. The van der Waals surface area contributed by atoms with Gasteiger partial charge in [-0.05, 0) is 19.8 Å². The molecule has 0 aromatic heterocycles. The van der Waals surface area contributed by atoms with Crippen LogP contribution in [0.15, 0.2) is 4.99 Å². The molecule has 0 saturated carbocycles. The third-order valence-electron chi connectivity index (χ3n) is 2.41. The van der Waals surface area contributed by atoms with E-state index in [-0.39, 0.29) is 12.4 Å². The summed E-state index contributed by atoms with van der Waals surface area (Å²) in [5.41, 5.74) is 15.7. The summed E-state index contributed by atoms with van der Waals surface area (Å²) < 4.78 is 0. The number of carbonyl (C=O) groups is 3. The van der Waals surface area contributed by atoms with Crippen LogP contribution in [0, 0.1) is 0 Å². The van der Waals surface area contributed by atoms with Crippen molar-refractivity contribution in [3.63, 3.8) is 0 Å². The molecular formula is C11H22N6O4. The highest BCUT2D eigenvalue weighted by Gasteiger charge is 2.22. The van der Waals surface area contributed by atoms with E-state index in [1.165, 1.54) is 6.92 Å². The van der Waals surface area contributed by atoms with Crippen molar-refractivity contribution in [2.75, 3.05) is 13.1 Å². The number of carboxylic acid groups (broad SMARTS) is 1. The number of hydrogen-bond acceptors (Lipinski definition) is 5. The van der Waals surface area contributed by atoms with Gasteiger partial charge >= 0.3 is 5.97 Å². The van der Waals surface area contributed by atoms with Crippen LogP contribution in [0.1, 0.15) is 19.8 Å². The molecule has 0 fully saturated rings. The number of carboxylic acids is 1. The Morgan fingerprint density at radius 2 is 1.86 bits per heavy atom. The van der Waals surface area contributed by atoms with Crippen LogP contribution < -0.4 is 27.8 Å². The number of nitrogens with two attached hydrogens (primary N) is 3. The third kappa shape index (κ3) is 9.21. The summed E-state index contributed by atoms with van der Waals surface area (Å²) in [6.07, 6.45) is 0.684. The molecular weight excluding hydrogens is 280 g/mol. The van der Waals surface area contributed by atoms with E-state index >= 15 is 0 Å². The fraction of sp³-hybridized carbons (Fsp3) is 0.636. The first kappa shape index (κ1) is 18.6. The zero-order valence-corrected chi connectivity index (χ0v) is 11.8.